The zero-order valence-corrected chi connectivity index (χ0v) is 41.4. The van der Waals surface area contributed by atoms with E-state index in [2.05, 4.69) is 193 Å². The van der Waals surface area contributed by atoms with E-state index >= 15 is 0 Å². The molecule has 0 spiro atoms. The zero-order valence-electron chi connectivity index (χ0n) is 40.6. The molecule has 0 aliphatic rings. The molecule has 14 aromatic rings. The van der Waals surface area contributed by atoms with Crippen molar-refractivity contribution in [1.82, 2.24) is 19.5 Å². The summed E-state index contributed by atoms with van der Waals surface area (Å²) in [6.45, 7) is 4.80. The van der Waals surface area contributed by atoms with Crippen LogP contribution in [0.4, 0.5) is 0 Å². The number of hydrogen-bond acceptors (Lipinski definition) is 5. The number of fused-ring (bicyclic) bond motifs is 11. The van der Waals surface area contributed by atoms with Crippen LogP contribution in [-0.2, 0) is 0 Å². The average Bonchev–Trinajstić information content (AvgIpc) is 4.25. The van der Waals surface area contributed by atoms with Crippen LogP contribution in [0.25, 0.3) is 132 Å². The summed E-state index contributed by atoms with van der Waals surface area (Å²) in [6, 6.07) is 85.1. The molecule has 10 aromatic carbocycles. The maximum Gasteiger partial charge on any atom is 0.164 e. The van der Waals surface area contributed by atoms with Gasteiger partial charge in [0.1, 0.15) is 11.2 Å². The number of thiophene rings is 1. The zero-order chi connectivity index (χ0) is 49.8. The molecule has 5 nitrogen and oxygen atoms in total. The summed E-state index contributed by atoms with van der Waals surface area (Å²) in [4.78, 5) is 15.4. The van der Waals surface area contributed by atoms with Gasteiger partial charge in [-0.15, -0.1) is 11.3 Å². The maximum absolute atomic E-state index is 6.43. The molecule has 0 unspecified atom stereocenters. The molecule has 0 fully saturated rings. The number of nitrogens with zero attached hydrogens (tertiary/aromatic N) is 4. The summed E-state index contributed by atoms with van der Waals surface area (Å²) in [7, 11) is 0. The van der Waals surface area contributed by atoms with Gasteiger partial charge in [-0.2, -0.15) is 0 Å². The first-order valence-corrected chi connectivity index (χ1v) is 25.9. The molecule has 0 aliphatic heterocycles. The number of allylic oxidation sites excluding steroid dienone is 4. The predicted octanol–water partition coefficient (Wildman–Crippen LogP) is 18.7. The van der Waals surface area contributed by atoms with Gasteiger partial charge in [0, 0.05) is 64.0 Å². The summed E-state index contributed by atoms with van der Waals surface area (Å²) in [5, 5.41) is 7.10. The monoisotopic (exact) mass is 976 g/mol. The molecule has 75 heavy (non-hydrogen) atoms. The molecule has 4 heterocycles. The second-order valence-corrected chi connectivity index (χ2v) is 19.8. The minimum absolute atomic E-state index is 0.486. The van der Waals surface area contributed by atoms with E-state index in [1.165, 1.54) is 36.5 Å². The lowest BCUT2D eigenvalue weighted by atomic mass is 9.95. The second kappa shape index (κ2) is 18.4. The van der Waals surface area contributed by atoms with Gasteiger partial charge < -0.3 is 8.98 Å². The van der Waals surface area contributed by atoms with Crippen molar-refractivity contribution in [2.45, 2.75) is 0 Å². The fraction of sp³-hybridized carbons (Fsp3) is 0. The first-order chi connectivity index (χ1) is 37.1. The fourth-order valence-corrected chi connectivity index (χ4v) is 12.0. The highest BCUT2D eigenvalue weighted by molar-refractivity contribution is 7.27. The van der Waals surface area contributed by atoms with Crippen molar-refractivity contribution in [3.05, 3.63) is 272 Å². The molecule has 0 bridgehead atoms. The van der Waals surface area contributed by atoms with E-state index in [1.54, 1.807) is 0 Å². The Bertz CT molecular complexity index is 4490. The molecule has 0 saturated heterocycles. The lowest BCUT2D eigenvalue weighted by molar-refractivity contribution is 0.669. The molecule has 0 radical (unpaired) electrons. The van der Waals surface area contributed by atoms with Crippen molar-refractivity contribution in [3.8, 4) is 45.0 Å². The highest BCUT2D eigenvalue weighted by Gasteiger charge is 2.24. The highest BCUT2D eigenvalue weighted by Crippen LogP contribution is 2.48. The number of hydrogen-bond donors (Lipinski definition) is 0. The largest absolute Gasteiger partial charge is 0.456 e. The van der Waals surface area contributed by atoms with Crippen LogP contribution >= 0.6 is 11.3 Å². The van der Waals surface area contributed by atoms with Crippen LogP contribution in [0.3, 0.4) is 0 Å². The molecule has 0 N–H and O–H groups in total. The van der Waals surface area contributed by atoms with Crippen molar-refractivity contribution in [1.29, 1.82) is 0 Å². The van der Waals surface area contributed by atoms with Gasteiger partial charge in [-0.1, -0.05) is 219 Å². The Labute approximate surface area is 437 Å². The number of para-hydroxylation sites is 2. The van der Waals surface area contributed by atoms with Gasteiger partial charge >= 0.3 is 0 Å². The summed E-state index contributed by atoms with van der Waals surface area (Å²) < 4.78 is 11.3. The van der Waals surface area contributed by atoms with Crippen LogP contribution in [0, 0.1) is 0 Å². The highest BCUT2D eigenvalue weighted by atomic mass is 32.1. The third kappa shape index (κ3) is 7.84. The first-order valence-electron chi connectivity index (χ1n) is 25.1. The Kier molecular flexibility index (Phi) is 10.8. The number of aromatic nitrogens is 4. The summed E-state index contributed by atoms with van der Waals surface area (Å²) in [5.74, 6) is 1.64. The van der Waals surface area contributed by atoms with Gasteiger partial charge in [0.15, 0.2) is 17.5 Å². The Morgan fingerprint density at radius 2 is 0.920 bits per heavy atom. The first kappa shape index (κ1) is 44.0. The predicted molar refractivity (Wildman–Crippen MR) is 315 cm³/mol. The van der Waals surface area contributed by atoms with E-state index in [0.717, 1.165) is 83.2 Å². The van der Waals surface area contributed by atoms with Crippen LogP contribution in [-0.4, -0.2) is 19.5 Å². The second-order valence-electron chi connectivity index (χ2n) is 18.8. The Morgan fingerprint density at radius 1 is 0.413 bits per heavy atom. The fourth-order valence-electron chi connectivity index (χ4n) is 10.6. The molecule has 0 aliphatic carbocycles. The maximum atomic E-state index is 6.43. The minimum atomic E-state index is 0.486. The van der Waals surface area contributed by atoms with E-state index < -0.39 is 0 Å². The van der Waals surface area contributed by atoms with Crippen LogP contribution in [0.1, 0.15) is 17.0 Å². The van der Waals surface area contributed by atoms with Gasteiger partial charge in [0.2, 0.25) is 0 Å². The van der Waals surface area contributed by atoms with E-state index in [4.69, 9.17) is 25.9 Å². The summed E-state index contributed by atoms with van der Waals surface area (Å²) in [6.07, 6.45) is 4.49. The number of furan rings is 1. The summed E-state index contributed by atoms with van der Waals surface area (Å²) in [5.41, 5.74) is 14.9. The van der Waals surface area contributed by atoms with E-state index in [9.17, 15) is 0 Å². The smallest absolute Gasteiger partial charge is 0.164 e. The average molecular weight is 977 g/mol. The molecule has 6 heteroatoms. The summed E-state index contributed by atoms with van der Waals surface area (Å²) >= 11 is 1.85. The van der Waals surface area contributed by atoms with Crippen molar-refractivity contribution in [2.75, 3.05) is 0 Å². The third-order valence-corrected chi connectivity index (χ3v) is 15.5. The molecule has 14 rings (SSSR count). The van der Waals surface area contributed by atoms with Crippen LogP contribution in [0.2, 0.25) is 0 Å². The molecule has 0 atom stereocenters. The van der Waals surface area contributed by atoms with Crippen molar-refractivity contribution < 1.29 is 4.42 Å². The molecular weight excluding hydrogens is 933 g/mol. The van der Waals surface area contributed by atoms with E-state index in [1.807, 2.05) is 78.1 Å². The lowest BCUT2D eigenvalue weighted by Crippen LogP contribution is -2.04. The van der Waals surface area contributed by atoms with Gasteiger partial charge in [-0.05, 0) is 75.9 Å². The quantitative estimate of drug-likeness (QED) is 0.128. The molecule has 0 amide bonds. The lowest BCUT2D eigenvalue weighted by Gasteiger charge is -2.19. The van der Waals surface area contributed by atoms with Gasteiger partial charge in [0.25, 0.3) is 0 Å². The van der Waals surface area contributed by atoms with Gasteiger partial charge in [-0.3, -0.25) is 0 Å². The number of rotatable bonds is 10. The molecule has 4 aromatic heterocycles. The standard InChI is InChI=1S/C69H44N4OS/c1-44(67-70-68(51-22-10-4-11-23-51)72-69(71-67)52-24-12-5-13-25-52)42-57(50-36-34-49(35-37-50)47-20-8-3-9-21-47)60(43-45-30-32-48(33-31-45)46-18-6-2-7-19-46)73-58-28-16-14-26-55(58)63-59(73)40-38-53-54-39-41-62-64(66(54)75-65(53)63)56-27-15-17-29-61(56)74-62/h2-43H,1H2/b57-42-,60-43-. The van der Waals surface area contributed by atoms with Crippen LogP contribution < -0.4 is 0 Å². The third-order valence-electron chi connectivity index (χ3n) is 14.2. The Hall–Kier alpha value is -9.75. The van der Waals surface area contributed by atoms with Crippen molar-refractivity contribution in [2.24, 2.45) is 0 Å². The van der Waals surface area contributed by atoms with Crippen LogP contribution in [0.15, 0.2) is 260 Å². The van der Waals surface area contributed by atoms with Crippen LogP contribution in [0.5, 0.6) is 0 Å². The normalized spacial score (nSPS) is 12.2. The van der Waals surface area contributed by atoms with Crippen molar-refractivity contribution in [3.63, 3.8) is 0 Å². The molecule has 0 saturated carbocycles. The Balaban J connectivity index is 1.04. The Morgan fingerprint density at radius 3 is 1.55 bits per heavy atom. The SMILES string of the molecule is C=C(/C=C(\C(=C\c1ccc(-c2ccccc2)cc1)n1c2ccccc2c2c3sc4c(ccc5oc6ccccc6c54)c3ccc21)c1ccc(-c2ccccc2)cc1)c1nc(-c2ccccc2)nc(-c2ccccc2)n1. The van der Waals surface area contributed by atoms with Gasteiger partial charge in [0.05, 0.1) is 16.7 Å². The number of benzene rings is 10. The minimum Gasteiger partial charge on any atom is -0.456 e. The van der Waals surface area contributed by atoms with E-state index in [0.29, 0.717) is 23.0 Å². The molecular formula is C69H44N4OS. The van der Waals surface area contributed by atoms with Gasteiger partial charge in [-0.25, -0.2) is 15.0 Å². The topological polar surface area (TPSA) is 56.7 Å². The molecule has 352 valence electrons. The van der Waals surface area contributed by atoms with Crippen molar-refractivity contribution >= 4 is 98.2 Å². The van der Waals surface area contributed by atoms with E-state index in [-0.39, 0.29) is 0 Å².